The van der Waals surface area contributed by atoms with Crippen molar-refractivity contribution in [1.82, 2.24) is 15.4 Å². The summed E-state index contributed by atoms with van der Waals surface area (Å²) >= 11 is 0. The van der Waals surface area contributed by atoms with E-state index in [9.17, 15) is 9.18 Å². The first-order chi connectivity index (χ1) is 11.6. The number of fused-ring (bicyclic) bond motifs is 1. The number of carbonyl (C=O) groups is 1. The molecule has 2 aliphatic rings. The van der Waals surface area contributed by atoms with Crippen LogP contribution in [0.5, 0.6) is 0 Å². The molecule has 4 rings (SSSR count). The lowest BCUT2D eigenvalue weighted by Gasteiger charge is -2.28. The number of carbonyl (C=O) groups excluding carboxylic acids is 1. The van der Waals surface area contributed by atoms with E-state index < -0.39 is 0 Å². The minimum Gasteiger partial charge on any atom is -0.361 e. The quantitative estimate of drug-likeness (QED) is 0.889. The Bertz CT molecular complexity index is 775. The van der Waals surface area contributed by atoms with E-state index in [2.05, 4.69) is 10.5 Å². The SMILES string of the molecule is Cc1noc(C)c1C(=O)N1C[C@@H]2CNC[C@@H]2[C@@H]1c1cccc(F)c1.Cl. The predicted molar refractivity (Wildman–Crippen MR) is 93.3 cm³/mol. The van der Waals surface area contributed by atoms with Crippen LogP contribution < -0.4 is 5.32 Å². The van der Waals surface area contributed by atoms with Gasteiger partial charge >= 0.3 is 0 Å². The Morgan fingerprint density at radius 3 is 2.84 bits per heavy atom. The minimum atomic E-state index is -0.272. The van der Waals surface area contributed by atoms with E-state index in [4.69, 9.17) is 4.52 Å². The van der Waals surface area contributed by atoms with Crippen LogP contribution in [0.3, 0.4) is 0 Å². The van der Waals surface area contributed by atoms with Crippen molar-refractivity contribution in [2.75, 3.05) is 19.6 Å². The van der Waals surface area contributed by atoms with Crippen molar-refractivity contribution >= 4 is 18.3 Å². The second kappa shape index (κ2) is 6.77. The maximum Gasteiger partial charge on any atom is 0.259 e. The van der Waals surface area contributed by atoms with Gasteiger partial charge < -0.3 is 14.7 Å². The zero-order chi connectivity index (χ0) is 16.8. The topological polar surface area (TPSA) is 58.4 Å². The molecule has 0 radical (unpaired) electrons. The summed E-state index contributed by atoms with van der Waals surface area (Å²) in [5, 5.41) is 7.29. The van der Waals surface area contributed by atoms with Crippen molar-refractivity contribution in [2.45, 2.75) is 19.9 Å². The van der Waals surface area contributed by atoms with Gasteiger partial charge in [-0.15, -0.1) is 12.4 Å². The number of hydrogen-bond acceptors (Lipinski definition) is 4. The third-order valence-electron chi connectivity index (χ3n) is 5.26. The van der Waals surface area contributed by atoms with Crippen molar-refractivity contribution in [3.05, 3.63) is 52.7 Å². The zero-order valence-corrected chi connectivity index (χ0v) is 15.0. The molecule has 3 heterocycles. The molecule has 25 heavy (non-hydrogen) atoms. The smallest absolute Gasteiger partial charge is 0.259 e. The van der Waals surface area contributed by atoms with Crippen LogP contribution in [0.25, 0.3) is 0 Å². The molecule has 134 valence electrons. The van der Waals surface area contributed by atoms with Crippen LogP contribution in [-0.2, 0) is 0 Å². The fraction of sp³-hybridized carbons (Fsp3) is 0.444. The molecule has 1 aromatic heterocycles. The molecule has 2 saturated heterocycles. The van der Waals surface area contributed by atoms with Crippen molar-refractivity contribution in [2.24, 2.45) is 11.8 Å². The molecule has 7 heteroatoms. The number of benzene rings is 1. The number of nitrogens with one attached hydrogen (secondary N) is 1. The first-order valence-corrected chi connectivity index (χ1v) is 8.26. The van der Waals surface area contributed by atoms with Crippen LogP contribution in [0.4, 0.5) is 4.39 Å². The summed E-state index contributed by atoms with van der Waals surface area (Å²) in [5.74, 6) is 0.881. The van der Waals surface area contributed by atoms with Crippen LogP contribution in [0, 0.1) is 31.5 Å². The second-order valence-electron chi connectivity index (χ2n) is 6.74. The Morgan fingerprint density at radius 1 is 1.36 bits per heavy atom. The Labute approximate surface area is 152 Å². The summed E-state index contributed by atoms with van der Waals surface area (Å²) in [7, 11) is 0. The first-order valence-electron chi connectivity index (χ1n) is 8.26. The highest BCUT2D eigenvalue weighted by atomic mass is 35.5. The maximum atomic E-state index is 13.8. The van der Waals surface area contributed by atoms with Crippen LogP contribution in [0.2, 0.25) is 0 Å². The average Bonchev–Trinajstić information content (AvgIpc) is 3.21. The molecule has 0 unspecified atom stereocenters. The molecular weight excluding hydrogens is 345 g/mol. The monoisotopic (exact) mass is 365 g/mol. The second-order valence-corrected chi connectivity index (χ2v) is 6.74. The van der Waals surface area contributed by atoms with Crippen LogP contribution in [0.15, 0.2) is 28.8 Å². The van der Waals surface area contributed by atoms with Gasteiger partial charge in [-0.1, -0.05) is 17.3 Å². The maximum absolute atomic E-state index is 13.8. The molecule has 2 aliphatic heterocycles. The van der Waals surface area contributed by atoms with Crippen LogP contribution in [0.1, 0.15) is 33.4 Å². The fourth-order valence-electron chi connectivity index (χ4n) is 4.18. The van der Waals surface area contributed by atoms with Gasteiger partial charge in [0.2, 0.25) is 0 Å². The van der Waals surface area contributed by atoms with E-state index in [1.54, 1.807) is 26.0 Å². The summed E-state index contributed by atoms with van der Waals surface area (Å²) in [4.78, 5) is 15.0. The molecule has 5 nitrogen and oxygen atoms in total. The molecule has 1 N–H and O–H groups in total. The zero-order valence-electron chi connectivity index (χ0n) is 14.2. The summed E-state index contributed by atoms with van der Waals surface area (Å²) in [6.45, 7) is 5.93. The van der Waals surface area contributed by atoms with Crippen molar-refractivity contribution in [3.63, 3.8) is 0 Å². The summed E-state index contributed by atoms with van der Waals surface area (Å²) in [6.07, 6.45) is 0. The van der Waals surface area contributed by atoms with Gasteiger partial charge in [-0.2, -0.15) is 0 Å². The van der Waals surface area contributed by atoms with Gasteiger partial charge in [0.05, 0.1) is 11.7 Å². The lowest BCUT2D eigenvalue weighted by molar-refractivity contribution is 0.0711. The molecular formula is C18H21ClFN3O2. The average molecular weight is 366 g/mol. The molecule has 1 amide bonds. The minimum absolute atomic E-state index is 0. The number of nitrogens with zero attached hydrogens (tertiary/aromatic N) is 2. The highest BCUT2D eigenvalue weighted by Crippen LogP contribution is 2.43. The van der Waals surface area contributed by atoms with Gasteiger partial charge in [0.25, 0.3) is 5.91 Å². The van der Waals surface area contributed by atoms with E-state index in [0.717, 1.165) is 18.7 Å². The van der Waals surface area contributed by atoms with Crippen molar-refractivity contribution in [3.8, 4) is 0 Å². The number of hydrogen-bond donors (Lipinski definition) is 1. The van der Waals surface area contributed by atoms with Crippen molar-refractivity contribution < 1.29 is 13.7 Å². The summed E-state index contributed by atoms with van der Waals surface area (Å²) in [6, 6.07) is 6.46. The highest BCUT2D eigenvalue weighted by Gasteiger charge is 2.47. The lowest BCUT2D eigenvalue weighted by Crippen LogP contribution is -2.35. The number of amides is 1. The third-order valence-corrected chi connectivity index (χ3v) is 5.26. The van der Waals surface area contributed by atoms with Gasteiger partial charge in [0.15, 0.2) is 0 Å². The Hall–Kier alpha value is -1.92. The number of rotatable bonds is 2. The molecule has 1 aromatic carbocycles. The van der Waals surface area contributed by atoms with Crippen molar-refractivity contribution in [1.29, 1.82) is 0 Å². The Balaban J connectivity index is 0.00000182. The number of aromatic nitrogens is 1. The predicted octanol–water partition coefficient (Wildman–Crippen LogP) is 2.89. The molecule has 2 aromatic rings. The van der Waals surface area contributed by atoms with E-state index in [0.29, 0.717) is 35.4 Å². The van der Waals surface area contributed by atoms with E-state index >= 15 is 0 Å². The van der Waals surface area contributed by atoms with Crippen LogP contribution >= 0.6 is 12.4 Å². The molecule has 0 saturated carbocycles. The van der Waals surface area contributed by atoms with E-state index in [1.807, 2.05) is 11.0 Å². The third kappa shape index (κ3) is 2.93. The van der Waals surface area contributed by atoms with Crippen LogP contribution in [-0.4, -0.2) is 35.6 Å². The molecule has 0 aliphatic carbocycles. The van der Waals surface area contributed by atoms with Gasteiger partial charge in [-0.05, 0) is 37.5 Å². The van der Waals surface area contributed by atoms with Gasteiger partial charge in [0, 0.05) is 25.6 Å². The normalized spacial score (nSPS) is 24.9. The fourth-order valence-corrected chi connectivity index (χ4v) is 4.18. The Morgan fingerprint density at radius 2 is 2.16 bits per heavy atom. The number of halogens is 2. The number of aryl methyl sites for hydroxylation is 2. The van der Waals surface area contributed by atoms with E-state index in [-0.39, 0.29) is 30.2 Å². The summed E-state index contributed by atoms with van der Waals surface area (Å²) in [5.41, 5.74) is 1.99. The van der Waals surface area contributed by atoms with Gasteiger partial charge in [-0.25, -0.2) is 4.39 Å². The lowest BCUT2D eigenvalue weighted by atomic mass is 9.89. The first kappa shape index (κ1) is 17.9. The molecule has 2 fully saturated rings. The molecule has 0 bridgehead atoms. The Kier molecular flexibility index (Phi) is 4.84. The number of likely N-dealkylation sites (tertiary alicyclic amines) is 1. The largest absolute Gasteiger partial charge is 0.361 e. The van der Waals surface area contributed by atoms with E-state index in [1.165, 1.54) is 6.07 Å². The standard InChI is InChI=1S/C18H20FN3O2.ClH/c1-10-16(11(2)24-21-10)18(23)22-9-13-7-20-8-15(13)17(22)12-4-3-5-14(19)6-12;/h3-6,13,15,17,20H,7-9H2,1-2H3;1H/t13-,15-,17-;/m0./s1. The highest BCUT2D eigenvalue weighted by molar-refractivity contribution is 5.96. The van der Waals surface area contributed by atoms with Gasteiger partial charge in [0.1, 0.15) is 17.1 Å². The summed E-state index contributed by atoms with van der Waals surface area (Å²) < 4.78 is 18.9. The van der Waals surface area contributed by atoms with Gasteiger partial charge in [-0.3, -0.25) is 4.79 Å². The molecule has 0 spiro atoms. The molecule has 3 atom stereocenters.